The van der Waals surface area contributed by atoms with Gasteiger partial charge in [0.2, 0.25) is 5.89 Å². The average Bonchev–Trinajstić information content (AvgIpc) is 3.05. The lowest BCUT2D eigenvalue weighted by Crippen LogP contribution is -2.23. The molecule has 0 atom stereocenters. The first-order valence-corrected chi connectivity index (χ1v) is 9.02. The fourth-order valence-corrected chi connectivity index (χ4v) is 3.21. The number of carbonyl (C=O) groups is 1. The molecule has 3 aromatic rings. The van der Waals surface area contributed by atoms with Crippen LogP contribution in [0.2, 0.25) is 5.02 Å². The van der Waals surface area contributed by atoms with Gasteiger partial charge in [0, 0.05) is 16.5 Å². The van der Waals surface area contributed by atoms with Gasteiger partial charge in [-0.15, -0.1) is 11.8 Å². The maximum absolute atomic E-state index is 12.5. The normalized spacial score (nSPS) is 10.6. The van der Waals surface area contributed by atoms with E-state index in [9.17, 15) is 4.79 Å². The van der Waals surface area contributed by atoms with Crippen LogP contribution in [-0.4, -0.2) is 16.0 Å². The predicted molar refractivity (Wildman–Crippen MR) is 97.7 cm³/mol. The average molecular weight is 374 g/mol. The van der Waals surface area contributed by atoms with E-state index in [0.29, 0.717) is 34.6 Å². The van der Waals surface area contributed by atoms with E-state index in [1.54, 1.807) is 25.1 Å². The largest absolute Gasteiger partial charge is 0.348 e. The Labute approximate surface area is 154 Å². The van der Waals surface area contributed by atoms with Crippen molar-refractivity contribution in [1.82, 2.24) is 15.5 Å². The predicted octanol–water partition coefficient (Wildman–Crippen LogP) is 4.25. The van der Waals surface area contributed by atoms with Gasteiger partial charge in [-0.25, -0.2) is 0 Å². The number of aryl methyl sites for hydroxylation is 1. The number of hydrogen-bond donors (Lipinski definition) is 1. The minimum absolute atomic E-state index is 0.125. The third-order valence-corrected chi connectivity index (χ3v) is 4.73. The molecule has 1 heterocycles. The lowest BCUT2D eigenvalue weighted by molar-refractivity contribution is 0.0948. The Bertz CT molecular complexity index is 865. The molecule has 1 N–H and O–H groups in total. The van der Waals surface area contributed by atoms with E-state index < -0.39 is 0 Å². The molecule has 0 aliphatic carbocycles. The van der Waals surface area contributed by atoms with Gasteiger partial charge in [-0.2, -0.15) is 4.98 Å². The van der Waals surface area contributed by atoms with Crippen LogP contribution in [0.15, 0.2) is 57.9 Å². The number of rotatable bonds is 6. The molecule has 0 saturated carbocycles. The van der Waals surface area contributed by atoms with Gasteiger partial charge in [-0.1, -0.05) is 41.0 Å². The zero-order valence-corrected chi connectivity index (χ0v) is 15.1. The molecule has 25 heavy (non-hydrogen) atoms. The van der Waals surface area contributed by atoms with Crippen LogP contribution in [0, 0.1) is 6.92 Å². The Morgan fingerprint density at radius 1 is 1.20 bits per heavy atom. The van der Waals surface area contributed by atoms with E-state index in [2.05, 4.69) is 15.5 Å². The molecule has 2 aromatic carbocycles. The van der Waals surface area contributed by atoms with Crippen LogP contribution >= 0.6 is 23.4 Å². The first-order valence-electron chi connectivity index (χ1n) is 7.65. The smallest absolute Gasteiger partial charge is 0.252 e. The molecule has 5 nitrogen and oxygen atoms in total. The van der Waals surface area contributed by atoms with Gasteiger partial charge in [-0.05, 0) is 36.8 Å². The van der Waals surface area contributed by atoms with Crippen LogP contribution < -0.4 is 5.32 Å². The van der Waals surface area contributed by atoms with Gasteiger partial charge in [0.15, 0.2) is 5.82 Å². The quantitative estimate of drug-likeness (QED) is 0.654. The number of halogens is 1. The molecule has 0 spiro atoms. The molecular formula is C18H16ClN3O2S. The van der Waals surface area contributed by atoms with Gasteiger partial charge in [0.05, 0.1) is 11.3 Å². The first-order chi connectivity index (χ1) is 12.1. The summed E-state index contributed by atoms with van der Waals surface area (Å²) in [5, 5.41) is 7.37. The summed E-state index contributed by atoms with van der Waals surface area (Å²) >= 11 is 7.36. The van der Waals surface area contributed by atoms with Crippen molar-refractivity contribution in [3.8, 4) is 0 Å². The second-order valence-electron chi connectivity index (χ2n) is 5.33. The van der Waals surface area contributed by atoms with Crippen molar-refractivity contribution in [1.29, 1.82) is 0 Å². The molecule has 1 aromatic heterocycles. The number of nitrogens with zero attached hydrogens (tertiary/aromatic N) is 2. The summed E-state index contributed by atoms with van der Waals surface area (Å²) in [5.41, 5.74) is 1.61. The van der Waals surface area contributed by atoms with Crippen molar-refractivity contribution in [2.24, 2.45) is 0 Å². The third-order valence-electron chi connectivity index (χ3n) is 3.42. The second kappa shape index (κ2) is 8.18. The van der Waals surface area contributed by atoms with E-state index in [1.165, 1.54) is 11.8 Å². The standard InChI is InChI=1S/C18H16ClN3O2S/c1-12-21-17(24-22-12)11-25-16-5-3-2-4-15(16)18(23)20-10-13-6-8-14(19)9-7-13/h2-9H,10-11H2,1H3,(H,20,23). The minimum Gasteiger partial charge on any atom is -0.348 e. The van der Waals surface area contributed by atoms with E-state index in [0.717, 1.165) is 10.5 Å². The van der Waals surface area contributed by atoms with E-state index in [-0.39, 0.29) is 5.91 Å². The van der Waals surface area contributed by atoms with Crippen molar-refractivity contribution >= 4 is 29.3 Å². The highest BCUT2D eigenvalue weighted by atomic mass is 35.5. The molecule has 0 unspecified atom stereocenters. The van der Waals surface area contributed by atoms with Crippen molar-refractivity contribution < 1.29 is 9.32 Å². The zero-order valence-electron chi connectivity index (χ0n) is 13.5. The molecule has 0 fully saturated rings. The van der Waals surface area contributed by atoms with E-state index >= 15 is 0 Å². The molecule has 0 saturated heterocycles. The number of carbonyl (C=O) groups excluding carboxylic acids is 1. The van der Waals surface area contributed by atoms with Crippen LogP contribution in [-0.2, 0) is 12.3 Å². The molecule has 0 radical (unpaired) electrons. The summed E-state index contributed by atoms with van der Waals surface area (Å²) in [6.07, 6.45) is 0. The summed E-state index contributed by atoms with van der Waals surface area (Å²) in [6, 6.07) is 14.8. The van der Waals surface area contributed by atoms with Gasteiger partial charge in [0.25, 0.3) is 5.91 Å². The van der Waals surface area contributed by atoms with Crippen LogP contribution in [0.4, 0.5) is 0 Å². The number of thioether (sulfide) groups is 1. The molecule has 1 amide bonds. The summed E-state index contributed by atoms with van der Waals surface area (Å²) in [5.74, 6) is 1.53. The fraction of sp³-hybridized carbons (Fsp3) is 0.167. The maximum atomic E-state index is 12.5. The highest BCUT2D eigenvalue weighted by Crippen LogP contribution is 2.26. The Morgan fingerprint density at radius 3 is 2.68 bits per heavy atom. The summed E-state index contributed by atoms with van der Waals surface area (Å²) in [7, 11) is 0. The minimum atomic E-state index is -0.125. The van der Waals surface area contributed by atoms with Crippen molar-refractivity contribution in [2.45, 2.75) is 24.1 Å². The molecule has 0 bridgehead atoms. The zero-order chi connectivity index (χ0) is 17.6. The van der Waals surface area contributed by atoms with Gasteiger partial charge in [-0.3, -0.25) is 4.79 Å². The highest BCUT2D eigenvalue weighted by molar-refractivity contribution is 7.98. The Balaban J connectivity index is 1.64. The van der Waals surface area contributed by atoms with Gasteiger partial charge < -0.3 is 9.84 Å². The molecule has 0 aliphatic heterocycles. The number of nitrogens with one attached hydrogen (secondary N) is 1. The Kier molecular flexibility index (Phi) is 5.73. The van der Waals surface area contributed by atoms with Crippen LogP contribution in [0.5, 0.6) is 0 Å². The monoisotopic (exact) mass is 373 g/mol. The Morgan fingerprint density at radius 2 is 1.96 bits per heavy atom. The van der Waals surface area contributed by atoms with Crippen LogP contribution in [0.25, 0.3) is 0 Å². The van der Waals surface area contributed by atoms with Gasteiger partial charge in [0.1, 0.15) is 0 Å². The summed E-state index contributed by atoms with van der Waals surface area (Å²) < 4.78 is 5.11. The van der Waals surface area contributed by atoms with Crippen molar-refractivity contribution in [2.75, 3.05) is 0 Å². The molecular weight excluding hydrogens is 358 g/mol. The number of hydrogen-bond acceptors (Lipinski definition) is 5. The highest BCUT2D eigenvalue weighted by Gasteiger charge is 2.12. The molecule has 128 valence electrons. The lowest BCUT2D eigenvalue weighted by Gasteiger charge is -2.09. The van der Waals surface area contributed by atoms with E-state index in [4.69, 9.17) is 16.1 Å². The molecule has 0 aliphatic rings. The fourth-order valence-electron chi connectivity index (χ4n) is 2.20. The number of amides is 1. The third kappa shape index (κ3) is 4.84. The number of aromatic nitrogens is 2. The lowest BCUT2D eigenvalue weighted by atomic mass is 10.2. The number of benzene rings is 2. The van der Waals surface area contributed by atoms with Crippen LogP contribution in [0.1, 0.15) is 27.6 Å². The molecule has 3 rings (SSSR count). The first kappa shape index (κ1) is 17.5. The molecule has 7 heteroatoms. The SMILES string of the molecule is Cc1noc(CSc2ccccc2C(=O)NCc2ccc(Cl)cc2)n1. The Hall–Kier alpha value is -2.31. The summed E-state index contributed by atoms with van der Waals surface area (Å²) in [6.45, 7) is 2.22. The van der Waals surface area contributed by atoms with Crippen molar-refractivity contribution in [3.05, 3.63) is 76.4 Å². The summed E-state index contributed by atoms with van der Waals surface area (Å²) in [4.78, 5) is 17.6. The second-order valence-corrected chi connectivity index (χ2v) is 6.78. The van der Waals surface area contributed by atoms with E-state index in [1.807, 2.05) is 30.3 Å². The maximum Gasteiger partial charge on any atom is 0.252 e. The van der Waals surface area contributed by atoms with Crippen LogP contribution in [0.3, 0.4) is 0 Å². The topological polar surface area (TPSA) is 68.0 Å². The van der Waals surface area contributed by atoms with Crippen molar-refractivity contribution in [3.63, 3.8) is 0 Å². The van der Waals surface area contributed by atoms with Gasteiger partial charge >= 0.3 is 0 Å².